The number of hydrogen-bond acceptors (Lipinski definition) is 2. The molecular weight excluding hydrogens is 255 g/mol. The second-order valence-electron chi connectivity index (χ2n) is 5.81. The van der Waals surface area contributed by atoms with E-state index in [1.165, 1.54) is 30.7 Å². The van der Waals surface area contributed by atoms with E-state index in [0.717, 1.165) is 19.5 Å². The van der Waals surface area contributed by atoms with Crippen molar-refractivity contribution in [1.29, 1.82) is 0 Å². The molecule has 3 nitrogen and oxygen atoms in total. The number of amides is 1. The molecule has 110 valence electrons. The average molecular weight is 278 g/mol. The van der Waals surface area contributed by atoms with Gasteiger partial charge in [-0.3, -0.25) is 4.79 Å². The topological polar surface area (TPSA) is 32.3 Å². The minimum absolute atomic E-state index is 0.119. The van der Waals surface area contributed by atoms with Crippen LogP contribution in [0.3, 0.4) is 0 Å². The number of halogens is 1. The zero-order chi connectivity index (χ0) is 14.5. The molecule has 0 spiro atoms. The van der Waals surface area contributed by atoms with Crippen LogP contribution in [0, 0.1) is 11.7 Å². The van der Waals surface area contributed by atoms with E-state index >= 15 is 0 Å². The van der Waals surface area contributed by atoms with Gasteiger partial charge < -0.3 is 10.2 Å². The van der Waals surface area contributed by atoms with Crippen molar-refractivity contribution >= 4 is 5.91 Å². The summed E-state index contributed by atoms with van der Waals surface area (Å²) in [7, 11) is 0. The van der Waals surface area contributed by atoms with E-state index in [2.05, 4.69) is 24.1 Å². The zero-order valence-corrected chi connectivity index (χ0v) is 12.2. The number of likely N-dealkylation sites (tertiary alicyclic amines) is 1. The minimum atomic E-state index is -0.318. The first-order chi connectivity index (χ1) is 9.56. The molecule has 2 rings (SSSR count). The molecule has 1 saturated heterocycles. The van der Waals surface area contributed by atoms with Gasteiger partial charge in [-0.2, -0.15) is 0 Å². The summed E-state index contributed by atoms with van der Waals surface area (Å²) in [5.74, 6) is 0.0728. The number of rotatable bonds is 4. The Morgan fingerprint density at radius 1 is 1.40 bits per heavy atom. The molecule has 1 aliphatic rings. The van der Waals surface area contributed by atoms with Crippen LogP contribution in [-0.4, -0.2) is 36.5 Å². The standard InChI is InChI=1S/C16H23FN2O/c1-12(2)19-9-3-4-13(11-19)10-18-16(20)14-5-7-15(17)8-6-14/h5-8,12-13H,3-4,9-11H2,1-2H3,(H,18,20)/t13-/m0/s1. The second kappa shape index (κ2) is 6.84. The Kier molecular flexibility index (Phi) is 5.12. The number of carbonyl (C=O) groups is 1. The highest BCUT2D eigenvalue weighted by Crippen LogP contribution is 2.17. The summed E-state index contributed by atoms with van der Waals surface area (Å²) in [5.41, 5.74) is 0.517. The van der Waals surface area contributed by atoms with Crippen LogP contribution < -0.4 is 5.32 Å². The van der Waals surface area contributed by atoms with Crippen molar-refractivity contribution in [2.75, 3.05) is 19.6 Å². The fourth-order valence-electron chi connectivity index (χ4n) is 2.67. The molecule has 1 aromatic rings. The Morgan fingerprint density at radius 2 is 2.10 bits per heavy atom. The van der Waals surface area contributed by atoms with Crippen LogP contribution in [0.1, 0.15) is 37.0 Å². The van der Waals surface area contributed by atoms with Crippen molar-refractivity contribution in [3.8, 4) is 0 Å². The summed E-state index contributed by atoms with van der Waals surface area (Å²) in [4.78, 5) is 14.4. The first kappa shape index (κ1) is 15.0. The normalized spacial score (nSPS) is 20.1. The number of piperidine rings is 1. The lowest BCUT2D eigenvalue weighted by Gasteiger charge is -2.35. The predicted octanol–water partition coefficient (Wildman–Crippen LogP) is 2.68. The highest BCUT2D eigenvalue weighted by atomic mass is 19.1. The first-order valence-corrected chi connectivity index (χ1v) is 7.34. The Labute approximate surface area is 120 Å². The van der Waals surface area contributed by atoms with Gasteiger partial charge >= 0.3 is 0 Å². The van der Waals surface area contributed by atoms with E-state index in [9.17, 15) is 9.18 Å². The Hall–Kier alpha value is -1.42. The second-order valence-corrected chi connectivity index (χ2v) is 5.81. The van der Waals surface area contributed by atoms with E-state index in [0.29, 0.717) is 24.1 Å². The Balaban J connectivity index is 1.82. The van der Waals surface area contributed by atoms with Crippen LogP contribution in [0.5, 0.6) is 0 Å². The van der Waals surface area contributed by atoms with Crippen molar-refractivity contribution < 1.29 is 9.18 Å². The Bertz CT molecular complexity index is 444. The average Bonchev–Trinajstić information content (AvgIpc) is 2.46. The predicted molar refractivity (Wildman–Crippen MR) is 78.2 cm³/mol. The third-order valence-electron chi connectivity index (χ3n) is 3.94. The van der Waals surface area contributed by atoms with E-state index in [-0.39, 0.29) is 11.7 Å². The van der Waals surface area contributed by atoms with Crippen LogP contribution in [0.2, 0.25) is 0 Å². The minimum Gasteiger partial charge on any atom is -0.352 e. The van der Waals surface area contributed by atoms with Crippen LogP contribution in [0.25, 0.3) is 0 Å². The van der Waals surface area contributed by atoms with E-state index < -0.39 is 0 Å². The van der Waals surface area contributed by atoms with Gasteiger partial charge in [0, 0.05) is 24.7 Å². The van der Waals surface area contributed by atoms with Gasteiger partial charge in [-0.25, -0.2) is 4.39 Å². The van der Waals surface area contributed by atoms with Gasteiger partial charge in [0.05, 0.1) is 0 Å². The van der Waals surface area contributed by atoms with Gasteiger partial charge in [0.25, 0.3) is 5.91 Å². The molecule has 0 radical (unpaired) electrons. The maximum Gasteiger partial charge on any atom is 0.251 e. The number of hydrogen-bond donors (Lipinski definition) is 1. The lowest BCUT2D eigenvalue weighted by molar-refractivity contribution is 0.0922. The van der Waals surface area contributed by atoms with Crippen LogP contribution >= 0.6 is 0 Å². The van der Waals surface area contributed by atoms with Gasteiger partial charge in [-0.1, -0.05) is 0 Å². The maximum absolute atomic E-state index is 12.8. The quantitative estimate of drug-likeness (QED) is 0.918. The number of nitrogens with zero attached hydrogens (tertiary/aromatic N) is 1. The lowest BCUT2D eigenvalue weighted by Crippen LogP contribution is -2.43. The van der Waals surface area contributed by atoms with Crippen molar-refractivity contribution in [1.82, 2.24) is 10.2 Å². The third kappa shape index (κ3) is 4.04. The summed E-state index contributed by atoms with van der Waals surface area (Å²) in [6, 6.07) is 6.23. The van der Waals surface area contributed by atoms with Crippen molar-refractivity contribution in [3.05, 3.63) is 35.6 Å². The molecule has 1 N–H and O–H groups in total. The molecule has 0 bridgehead atoms. The van der Waals surface area contributed by atoms with E-state index in [4.69, 9.17) is 0 Å². The lowest BCUT2D eigenvalue weighted by atomic mass is 9.97. The molecule has 4 heteroatoms. The molecular formula is C16H23FN2O. The highest BCUT2D eigenvalue weighted by Gasteiger charge is 2.22. The number of nitrogens with one attached hydrogen (secondary N) is 1. The smallest absolute Gasteiger partial charge is 0.251 e. The van der Waals surface area contributed by atoms with Gasteiger partial charge in [0.15, 0.2) is 0 Å². The molecule has 1 heterocycles. The molecule has 1 fully saturated rings. The van der Waals surface area contributed by atoms with Crippen molar-refractivity contribution in [3.63, 3.8) is 0 Å². The molecule has 1 aromatic carbocycles. The van der Waals surface area contributed by atoms with Crippen LogP contribution in [-0.2, 0) is 0 Å². The molecule has 1 amide bonds. The van der Waals surface area contributed by atoms with E-state index in [1.54, 1.807) is 0 Å². The molecule has 0 unspecified atom stereocenters. The molecule has 0 aliphatic carbocycles. The summed E-state index contributed by atoms with van der Waals surface area (Å²) in [6.07, 6.45) is 2.35. The van der Waals surface area contributed by atoms with Gasteiger partial charge in [-0.15, -0.1) is 0 Å². The molecule has 1 aliphatic heterocycles. The van der Waals surface area contributed by atoms with Crippen LogP contribution in [0.4, 0.5) is 4.39 Å². The fourth-order valence-corrected chi connectivity index (χ4v) is 2.67. The fraction of sp³-hybridized carbons (Fsp3) is 0.562. The largest absolute Gasteiger partial charge is 0.352 e. The molecule has 0 aromatic heterocycles. The van der Waals surface area contributed by atoms with E-state index in [1.807, 2.05) is 0 Å². The highest BCUT2D eigenvalue weighted by molar-refractivity contribution is 5.94. The first-order valence-electron chi connectivity index (χ1n) is 7.34. The number of carbonyl (C=O) groups excluding carboxylic acids is 1. The van der Waals surface area contributed by atoms with Crippen molar-refractivity contribution in [2.24, 2.45) is 5.92 Å². The SMILES string of the molecule is CC(C)N1CCC[C@@H](CNC(=O)c2ccc(F)cc2)C1. The third-order valence-corrected chi connectivity index (χ3v) is 3.94. The van der Waals surface area contributed by atoms with Gasteiger partial charge in [-0.05, 0) is 63.4 Å². The summed E-state index contributed by atoms with van der Waals surface area (Å²) in [5, 5.41) is 2.96. The summed E-state index contributed by atoms with van der Waals surface area (Å²) in [6.45, 7) is 7.31. The zero-order valence-electron chi connectivity index (χ0n) is 12.2. The Morgan fingerprint density at radius 3 is 2.75 bits per heavy atom. The summed E-state index contributed by atoms with van der Waals surface area (Å²) < 4.78 is 12.8. The molecule has 20 heavy (non-hydrogen) atoms. The summed E-state index contributed by atoms with van der Waals surface area (Å²) >= 11 is 0. The van der Waals surface area contributed by atoms with Gasteiger partial charge in [0.2, 0.25) is 0 Å². The molecule has 1 atom stereocenters. The van der Waals surface area contributed by atoms with Gasteiger partial charge in [0.1, 0.15) is 5.82 Å². The van der Waals surface area contributed by atoms with Crippen LogP contribution in [0.15, 0.2) is 24.3 Å². The van der Waals surface area contributed by atoms with Crippen molar-refractivity contribution in [2.45, 2.75) is 32.7 Å². The maximum atomic E-state index is 12.8. The monoisotopic (exact) mass is 278 g/mol. The number of benzene rings is 1. The molecule has 0 saturated carbocycles.